The lowest BCUT2D eigenvalue weighted by molar-refractivity contribution is 0.0571. The van der Waals surface area contributed by atoms with E-state index in [9.17, 15) is 18.3 Å². The molecule has 2 N–H and O–H groups in total. The van der Waals surface area contributed by atoms with Crippen LogP contribution in [0.2, 0.25) is 0 Å². The van der Waals surface area contributed by atoms with Crippen LogP contribution in [0.3, 0.4) is 0 Å². The van der Waals surface area contributed by atoms with E-state index in [0.29, 0.717) is 24.0 Å². The average Bonchev–Trinajstić information content (AvgIpc) is 2.93. The van der Waals surface area contributed by atoms with Gasteiger partial charge in [-0.05, 0) is 43.0 Å². The van der Waals surface area contributed by atoms with Gasteiger partial charge in [0.05, 0.1) is 23.0 Å². The van der Waals surface area contributed by atoms with Gasteiger partial charge in [-0.3, -0.25) is 4.79 Å². The molecular formula is C31H31NO4S. The predicted octanol–water partition coefficient (Wildman–Crippen LogP) is 5.51. The standard InChI is InChI=1S/C31H31NO4S/c1-23-17-20-27(21-18-23)37(35,36)32-30(25-13-7-3-8-14-25)29(31(34)26-15-9-4-10-16-26)28(33)22-19-24-11-5-2-6-12-24/h2-18,20-21,28-30,32-33H,19,22H2,1H3/t28-,29+,30+/m1/s1. The molecule has 3 atom stereocenters. The maximum atomic E-state index is 13.9. The van der Waals surface area contributed by atoms with Gasteiger partial charge in [0, 0.05) is 5.56 Å². The summed E-state index contributed by atoms with van der Waals surface area (Å²) in [5, 5.41) is 11.5. The van der Waals surface area contributed by atoms with Gasteiger partial charge in [-0.1, -0.05) is 109 Å². The van der Waals surface area contributed by atoms with Crippen molar-refractivity contribution in [1.29, 1.82) is 0 Å². The summed E-state index contributed by atoms with van der Waals surface area (Å²) in [6, 6.07) is 33.0. The van der Waals surface area contributed by atoms with E-state index in [4.69, 9.17) is 0 Å². The molecule has 4 aromatic carbocycles. The normalized spacial score (nSPS) is 14.0. The van der Waals surface area contributed by atoms with Crippen molar-refractivity contribution in [2.24, 2.45) is 5.92 Å². The lowest BCUT2D eigenvalue weighted by atomic mass is 9.81. The molecule has 0 saturated carbocycles. The van der Waals surface area contributed by atoms with Gasteiger partial charge in [-0.25, -0.2) is 13.1 Å². The van der Waals surface area contributed by atoms with Gasteiger partial charge in [0.15, 0.2) is 5.78 Å². The van der Waals surface area contributed by atoms with Crippen LogP contribution < -0.4 is 4.72 Å². The quantitative estimate of drug-likeness (QED) is 0.259. The lowest BCUT2D eigenvalue weighted by Crippen LogP contribution is -2.42. The molecule has 0 aliphatic heterocycles. The van der Waals surface area contributed by atoms with Crippen LogP contribution in [-0.2, 0) is 16.4 Å². The van der Waals surface area contributed by atoms with E-state index in [0.717, 1.165) is 11.1 Å². The molecule has 5 nitrogen and oxygen atoms in total. The van der Waals surface area contributed by atoms with Gasteiger partial charge < -0.3 is 5.11 Å². The Morgan fingerprint density at radius 2 is 1.32 bits per heavy atom. The fourth-order valence-corrected chi connectivity index (χ4v) is 5.69. The van der Waals surface area contributed by atoms with E-state index in [2.05, 4.69) is 4.72 Å². The van der Waals surface area contributed by atoms with Crippen LogP contribution in [0.5, 0.6) is 0 Å². The number of Topliss-reactive ketones (excluding diaryl/α,β-unsaturated/α-hetero) is 1. The van der Waals surface area contributed by atoms with Crippen LogP contribution in [0, 0.1) is 12.8 Å². The zero-order valence-corrected chi connectivity index (χ0v) is 21.5. The van der Waals surface area contributed by atoms with Crippen molar-refractivity contribution in [3.05, 3.63) is 138 Å². The van der Waals surface area contributed by atoms with Crippen LogP contribution in [-0.4, -0.2) is 25.4 Å². The van der Waals surface area contributed by atoms with Gasteiger partial charge >= 0.3 is 0 Å². The Hall–Kier alpha value is -3.58. The van der Waals surface area contributed by atoms with Crippen LogP contribution in [0.4, 0.5) is 0 Å². The van der Waals surface area contributed by atoms with Crippen LogP contribution in [0.25, 0.3) is 0 Å². The highest BCUT2D eigenvalue weighted by Gasteiger charge is 2.38. The number of rotatable bonds is 11. The molecule has 4 aromatic rings. The minimum Gasteiger partial charge on any atom is -0.392 e. The van der Waals surface area contributed by atoms with Crippen LogP contribution >= 0.6 is 0 Å². The Kier molecular flexibility index (Phi) is 8.66. The number of nitrogens with one attached hydrogen (secondary N) is 1. The first-order chi connectivity index (χ1) is 17.8. The van der Waals surface area contributed by atoms with Crippen molar-refractivity contribution in [2.75, 3.05) is 0 Å². The number of aliphatic hydroxyl groups is 1. The van der Waals surface area contributed by atoms with Crippen molar-refractivity contribution >= 4 is 15.8 Å². The number of hydrogen-bond acceptors (Lipinski definition) is 4. The summed E-state index contributed by atoms with van der Waals surface area (Å²) in [5.41, 5.74) is 2.99. The molecule has 0 spiro atoms. The highest BCUT2D eigenvalue weighted by atomic mass is 32.2. The van der Waals surface area contributed by atoms with Crippen molar-refractivity contribution in [2.45, 2.75) is 36.8 Å². The molecule has 0 radical (unpaired) electrons. The molecule has 4 rings (SSSR count). The van der Waals surface area contributed by atoms with Gasteiger partial charge in [-0.15, -0.1) is 0 Å². The third kappa shape index (κ3) is 6.80. The highest BCUT2D eigenvalue weighted by molar-refractivity contribution is 7.89. The lowest BCUT2D eigenvalue weighted by Gasteiger charge is -2.31. The number of carbonyl (C=O) groups excluding carboxylic acids is 1. The molecule has 0 heterocycles. The number of aryl methyl sites for hydroxylation is 2. The molecule has 6 heteroatoms. The Balaban J connectivity index is 1.74. The zero-order chi connectivity index (χ0) is 26.3. The summed E-state index contributed by atoms with van der Waals surface area (Å²) in [5.74, 6) is -1.37. The largest absolute Gasteiger partial charge is 0.392 e. The fourth-order valence-electron chi connectivity index (χ4n) is 4.44. The smallest absolute Gasteiger partial charge is 0.241 e. The third-order valence-electron chi connectivity index (χ3n) is 6.48. The Bertz CT molecular complexity index is 1390. The molecule has 0 aliphatic rings. The first-order valence-corrected chi connectivity index (χ1v) is 13.8. The maximum absolute atomic E-state index is 13.9. The van der Waals surface area contributed by atoms with Crippen molar-refractivity contribution in [3.63, 3.8) is 0 Å². The van der Waals surface area contributed by atoms with Gasteiger partial charge in [0.2, 0.25) is 10.0 Å². The minimum atomic E-state index is -4.00. The molecule has 0 aromatic heterocycles. The molecule has 37 heavy (non-hydrogen) atoms. The number of hydrogen-bond donors (Lipinski definition) is 2. The molecule has 0 fully saturated rings. The molecule has 0 bridgehead atoms. The fraction of sp³-hybridized carbons (Fsp3) is 0.194. The Morgan fingerprint density at radius 1 is 0.784 bits per heavy atom. The number of ketones is 1. The van der Waals surface area contributed by atoms with Crippen LogP contribution in [0.1, 0.15) is 39.5 Å². The van der Waals surface area contributed by atoms with E-state index in [-0.39, 0.29) is 10.7 Å². The number of aliphatic hydroxyl groups excluding tert-OH is 1. The van der Waals surface area contributed by atoms with Crippen molar-refractivity contribution < 1.29 is 18.3 Å². The van der Waals surface area contributed by atoms with E-state index < -0.39 is 28.1 Å². The van der Waals surface area contributed by atoms with Gasteiger partial charge in [0.1, 0.15) is 0 Å². The van der Waals surface area contributed by atoms with E-state index in [1.54, 1.807) is 72.8 Å². The molecule has 0 saturated heterocycles. The molecule has 190 valence electrons. The summed E-state index contributed by atoms with van der Waals surface area (Å²) in [6.45, 7) is 1.88. The van der Waals surface area contributed by atoms with E-state index in [1.165, 1.54) is 0 Å². The molecular weight excluding hydrogens is 482 g/mol. The highest BCUT2D eigenvalue weighted by Crippen LogP contribution is 2.32. The second-order valence-electron chi connectivity index (χ2n) is 9.17. The monoisotopic (exact) mass is 513 g/mol. The molecule has 0 aliphatic carbocycles. The van der Waals surface area contributed by atoms with Gasteiger partial charge in [-0.2, -0.15) is 0 Å². The maximum Gasteiger partial charge on any atom is 0.241 e. The third-order valence-corrected chi connectivity index (χ3v) is 7.94. The topological polar surface area (TPSA) is 83.5 Å². The zero-order valence-electron chi connectivity index (χ0n) is 20.7. The first kappa shape index (κ1) is 26.5. The summed E-state index contributed by atoms with van der Waals surface area (Å²) in [7, 11) is -4.00. The minimum absolute atomic E-state index is 0.101. The second kappa shape index (κ2) is 12.1. The first-order valence-electron chi connectivity index (χ1n) is 12.3. The summed E-state index contributed by atoms with van der Waals surface area (Å²) in [6.07, 6.45) is -0.255. The molecule has 0 amide bonds. The van der Waals surface area contributed by atoms with Crippen molar-refractivity contribution in [1.82, 2.24) is 4.72 Å². The summed E-state index contributed by atoms with van der Waals surface area (Å²) in [4.78, 5) is 14.0. The average molecular weight is 514 g/mol. The van der Waals surface area contributed by atoms with Gasteiger partial charge in [0.25, 0.3) is 0 Å². The summed E-state index contributed by atoms with van der Waals surface area (Å²) < 4.78 is 29.7. The molecule has 0 unspecified atom stereocenters. The van der Waals surface area contributed by atoms with E-state index >= 15 is 0 Å². The predicted molar refractivity (Wildman–Crippen MR) is 146 cm³/mol. The SMILES string of the molecule is Cc1ccc(S(=O)(=O)N[C@@H](c2ccccc2)[C@@H](C(=O)c2ccccc2)[C@H](O)CCc2ccccc2)cc1. The number of sulfonamides is 1. The Labute approximate surface area is 218 Å². The van der Waals surface area contributed by atoms with Crippen molar-refractivity contribution in [3.8, 4) is 0 Å². The Morgan fingerprint density at radius 3 is 1.92 bits per heavy atom. The van der Waals surface area contributed by atoms with E-state index in [1.807, 2.05) is 49.4 Å². The number of carbonyl (C=O) groups is 1. The second-order valence-corrected chi connectivity index (χ2v) is 10.9. The van der Waals surface area contributed by atoms with Crippen LogP contribution in [0.15, 0.2) is 120 Å². The number of benzene rings is 4. The summed E-state index contributed by atoms with van der Waals surface area (Å²) >= 11 is 0.